The number of hydrogen-bond donors (Lipinski definition) is 2. The van der Waals surface area contributed by atoms with E-state index in [1.54, 1.807) is 49.7 Å². The molecule has 25 heavy (non-hydrogen) atoms. The molecule has 0 spiro atoms. The van der Waals surface area contributed by atoms with Crippen LogP contribution in [0.5, 0.6) is 11.5 Å². The van der Waals surface area contributed by atoms with Crippen LogP contribution in [0.1, 0.15) is 23.0 Å². The molecule has 0 fully saturated rings. The van der Waals surface area contributed by atoms with E-state index in [-0.39, 0.29) is 18.2 Å². The minimum absolute atomic E-state index is 0.0416. The van der Waals surface area contributed by atoms with E-state index in [9.17, 15) is 9.59 Å². The molecule has 0 unspecified atom stereocenters. The van der Waals surface area contributed by atoms with Gasteiger partial charge in [0, 0.05) is 11.8 Å². The molecule has 7 nitrogen and oxygen atoms in total. The van der Waals surface area contributed by atoms with Gasteiger partial charge in [0.1, 0.15) is 11.5 Å². The van der Waals surface area contributed by atoms with Crippen molar-refractivity contribution in [3.05, 3.63) is 40.6 Å². The summed E-state index contributed by atoms with van der Waals surface area (Å²) in [7, 11) is 3.06. The Morgan fingerprint density at radius 2 is 2.00 bits per heavy atom. The fraction of sp³-hybridized carbons (Fsp3) is 0.235. The predicted molar refractivity (Wildman–Crippen MR) is 97.7 cm³/mol. The highest BCUT2D eigenvalue weighted by atomic mass is 32.1. The van der Waals surface area contributed by atoms with Crippen LogP contribution in [0.4, 0.5) is 5.69 Å². The monoisotopic (exact) mass is 361 g/mol. The molecule has 0 aliphatic heterocycles. The van der Waals surface area contributed by atoms with Crippen LogP contribution in [-0.4, -0.2) is 31.7 Å². The molecule has 0 aliphatic carbocycles. The second-order valence-electron chi connectivity index (χ2n) is 5.06. The first kappa shape index (κ1) is 18.5. The van der Waals surface area contributed by atoms with E-state index in [0.29, 0.717) is 27.8 Å². The van der Waals surface area contributed by atoms with Gasteiger partial charge in [-0.25, -0.2) is 5.43 Å². The van der Waals surface area contributed by atoms with Gasteiger partial charge in [-0.05, 0) is 30.5 Å². The van der Waals surface area contributed by atoms with Crippen LogP contribution in [-0.2, 0) is 4.79 Å². The van der Waals surface area contributed by atoms with E-state index in [4.69, 9.17) is 9.47 Å². The normalized spacial score (nSPS) is 10.9. The van der Waals surface area contributed by atoms with E-state index in [1.807, 2.05) is 0 Å². The summed E-state index contributed by atoms with van der Waals surface area (Å²) in [6.45, 7) is 1.67. The van der Waals surface area contributed by atoms with Crippen molar-refractivity contribution < 1.29 is 19.1 Å². The number of hydrogen-bond acceptors (Lipinski definition) is 6. The molecule has 132 valence electrons. The lowest BCUT2D eigenvalue weighted by Gasteiger charge is -2.11. The lowest BCUT2D eigenvalue weighted by atomic mass is 10.2. The fourth-order valence-corrected chi connectivity index (χ4v) is 2.59. The predicted octanol–water partition coefficient (Wildman–Crippen LogP) is 2.90. The number of nitrogens with one attached hydrogen (secondary N) is 2. The lowest BCUT2D eigenvalue weighted by Crippen LogP contribution is -2.21. The Morgan fingerprint density at radius 3 is 2.64 bits per heavy atom. The molecular formula is C17H19N3O4S. The van der Waals surface area contributed by atoms with Crippen molar-refractivity contribution in [2.24, 2.45) is 5.10 Å². The third-order valence-corrected chi connectivity index (χ3v) is 4.06. The van der Waals surface area contributed by atoms with E-state index >= 15 is 0 Å². The summed E-state index contributed by atoms with van der Waals surface area (Å²) in [5, 5.41) is 8.50. The standard InChI is InChI=1S/C17H19N3O4S/c1-11(19-20-17(22)15-5-4-8-25-15)9-16(21)18-13-7-6-12(23-2)10-14(13)24-3/h4-8,10H,9H2,1-3H3,(H,18,21)(H,20,22)/b19-11-. The Balaban J connectivity index is 1.93. The van der Waals surface area contributed by atoms with Crippen LogP contribution in [0.2, 0.25) is 0 Å². The van der Waals surface area contributed by atoms with Crippen molar-refractivity contribution in [3.8, 4) is 11.5 Å². The van der Waals surface area contributed by atoms with Crippen LogP contribution in [0.3, 0.4) is 0 Å². The maximum atomic E-state index is 12.1. The molecule has 0 bridgehead atoms. The average Bonchev–Trinajstić information content (AvgIpc) is 3.14. The third kappa shape index (κ3) is 5.32. The number of methoxy groups -OCH3 is 2. The molecule has 0 atom stereocenters. The second-order valence-corrected chi connectivity index (χ2v) is 6.00. The molecule has 2 N–H and O–H groups in total. The van der Waals surface area contributed by atoms with Crippen molar-refractivity contribution in [2.75, 3.05) is 19.5 Å². The molecule has 2 rings (SSSR count). The third-order valence-electron chi connectivity index (χ3n) is 3.19. The quantitative estimate of drug-likeness (QED) is 0.586. The van der Waals surface area contributed by atoms with Crippen LogP contribution >= 0.6 is 11.3 Å². The molecular weight excluding hydrogens is 342 g/mol. The highest BCUT2D eigenvalue weighted by Gasteiger charge is 2.11. The first-order valence-electron chi connectivity index (χ1n) is 7.42. The van der Waals surface area contributed by atoms with Gasteiger partial charge in [0.25, 0.3) is 5.91 Å². The summed E-state index contributed by atoms with van der Waals surface area (Å²) in [5.41, 5.74) is 3.44. The number of anilines is 1. The largest absolute Gasteiger partial charge is 0.497 e. The molecule has 0 saturated carbocycles. The Bertz CT molecular complexity index is 772. The summed E-state index contributed by atoms with van der Waals surface area (Å²) in [6, 6.07) is 8.58. The lowest BCUT2D eigenvalue weighted by molar-refractivity contribution is -0.115. The van der Waals surface area contributed by atoms with Crippen LogP contribution < -0.4 is 20.2 Å². The van der Waals surface area contributed by atoms with Gasteiger partial charge in [0.15, 0.2) is 0 Å². The highest BCUT2D eigenvalue weighted by Crippen LogP contribution is 2.29. The van der Waals surface area contributed by atoms with Crippen molar-refractivity contribution in [2.45, 2.75) is 13.3 Å². The Labute approximate surface area is 149 Å². The molecule has 2 aromatic rings. The molecule has 0 radical (unpaired) electrons. The van der Waals surface area contributed by atoms with Gasteiger partial charge < -0.3 is 14.8 Å². The Hall–Kier alpha value is -2.87. The van der Waals surface area contributed by atoms with Gasteiger partial charge in [-0.3, -0.25) is 9.59 Å². The van der Waals surface area contributed by atoms with E-state index in [1.165, 1.54) is 18.4 Å². The van der Waals surface area contributed by atoms with Crippen molar-refractivity contribution in [1.82, 2.24) is 5.43 Å². The molecule has 8 heteroatoms. The number of nitrogens with zero attached hydrogens (tertiary/aromatic N) is 1. The van der Waals surface area contributed by atoms with Crippen molar-refractivity contribution in [3.63, 3.8) is 0 Å². The minimum atomic E-state index is -0.299. The Morgan fingerprint density at radius 1 is 1.20 bits per heavy atom. The summed E-state index contributed by atoms with van der Waals surface area (Å²) in [6.07, 6.45) is 0.0416. The maximum Gasteiger partial charge on any atom is 0.281 e. The number of amides is 2. The molecule has 1 aromatic carbocycles. The first-order chi connectivity index (χ1) is 12.0. The van der Waals surface area contributed by atoms with Gasteiger partial charge >= 0.3 is 0 Å². The van der Waals surface area contributed by atoms with E-state index < -0.39 is 0 Å². The van der Waals surface area contributed by atoms with Crippen LogP contribution in [0, 0.1) is 0 Å². The van der Waals surface area contributed by atoms with Crippen molar-refractivity contribution >= 4 is 34.6 Å². The van der Waals surface area contributed by atoms with E-state index in [2.05, 4.69) is 15.8 Å². The second kappa shape index (κ2) is 8.84. The number of ether oxygens (including phenoxy) is 2. The summed E-state index contributed by atoms with van der Waals surface area (Å²) >= 11 is 1.32. The van der Waals surface area contributed by atoms with Gasteiger partial charge in [-0.1, -0.05) is 6.07 Å². The van der Waals surface area contributed by atoms with Crippen LogP contribution in [0.25, 0.3) is 0 Å². The van der Waals surface area contributed by atoms with Gasteiger partial charge in [0.05, 0.1) is 31.2 Å². The van der Waals surface area contributed by atoms with Gasteiger partial charge in [0.2, 0.25) is 5.91 Å². The number of carbonyl (C=O) groups is 2. The summed E-state index contributed by atoms with van der Waals surface area (Å²) in [4.78, 5) is 24.5. The first-order valence-corrected chi connectivity index (χ1v) is 8.30. The minimum Gasteiger partial charge on any atom is -0.497 e. The zero-order valence-electron chi connectivity index (χ0n) is 14.2. The zero-order chi connectivity index (χ0) is 18.2. The fourth-order valence-electron chi connectivity index (χ4n) is 1.98. The van der Waals surface area contributed by atoms with E-state index in [0.717, 1.165) is 0 Å². The summed E-state index contributed by atoms with van der Waals surface area (Å²) in [5.74, 6) is 0.554. The SMILES string of the molecule is COc1ccc(NC(=O)C/C(C)=N\NC(=O)c2cccs2)c(OC)c1. The smallest absolute Gasteiger partial charge is 0.281 e. The highest BCUT2D eigenvalue weighted by molar-refractivity contribution is 7.12. The topological polar surface area (TPSA) is 89.0 Å². The maximum absolute atomic E-state index is 12.1. The molecule has 1 aromatic heterocycles. The molecule has 0 aliphatic rings. The number of rotatable bonds is 7. The summed E-state index contributed by atoms with van der Waals surface area (Å²) < 4.78 is 10.3. The number of hydrazone groups is 1. The number of carbonyl (C=O) groups excluding carboxylic acids is 2. The zero-order valence-corrected chi connectivity index (χ0v) is 15.0. The Kier molecular flexibility index (Phi) is 6.53. The number of benzene rings is 1. The van der Waals surface area contributed by atoms with Gasteiger partial charge in [-0.2, -0.15) is 5.10 Å². The van der Waals surface area contributed by atoms with Crippen molar-refractivity contribution in [1.29, 1.82) is 0 Å². The molecule has 0 saturated heterocycles. The van der Waals surface area contributed by atoms with Gasteiger partial charge in [-0.15, -0.1) is 11.3 Å². The molecule has 1 heterocycles. The molecule has 2 amide bonds. The average molecular weight is 361 g/mol. The van der Waals surface area contributed by atoms with Crippen LogP contribution in [0.15, 0.2) is 40.8 Å². The number of thiophene rings is 1.